The van der Waals surface area contributed by atoms with E-state index in [9.17, 15) is 19.8 Å². The summed E-state index contributed by atoms with van der Waals surface area (Å²) in [5.41, 5.74) is 1.49. The number of aliphatic hydroxyl groups excluding tert-OH is 1. The molecule has 1 unspecified atom stereocenters. The van der Waals surface area contributed by atoms with E-state index in [2.05, 4.69) is 6.92 Å². The molecule has 6 heteroatoms. The van der Waals surface area contributed by atoms with Crippen molar-refractivity contribution in [1.29, 1.82) is 0 Å². The van der Waals surface area contributed by atoms with E-state index < -0.39 is 18.0 Å². The van der Waals surface area contributed by atoms with Gasteiger partial charge in [0.25, 0.3) is 0 Å². The standard InChI is InChI=1S/C26H34O6/c1-2-3-4-5-6-7-8-9-15-32-23-14-13-20(17-22(23)18-24(27)28)25(29)19-11-10-12-21(16-19)26(30)31/h10-14,16-17,25,29H,2-9,15,18H2,1H3,(H,27,28)(H,30,31). The average Bonchev–Trinajstić information content (AvgIpc) is 2.78. The lowest BCUT2D eigenvalue weighted by Gasteiger charge is -2.16. The van der Waals surface area contributed by atoms with Crippen LogP contribution < -0.4 is 4.74 Å². The Balaban J connectivity index is 1.99. The van der Waals surface area contributed by atoms with Gasteiger partial charge in [-0.25, -0.2) is 4.79 Å². The first-order valence-corrected chi connectivity index (χ1v) is 11.4. The van der Waals surface area contributed by atoms with E-state index in [0.29, 0.717) is 29.0 Å². The van der Waals surface area contributed by atoms with Crippen LogP contribution in [0.15, 0.2) is 42.5 Å². The first-order valence-electron chi connectivity index (χ1n) is 11.4. The quantitative estimate of drug-likeness (QED) is 0.310. The third-order valence-electron chi connectivity index (χ3n) is 5.45. The Morgan fingerprint density at radius 1 is 0.875 bits per heavy atom. The molecule has 0 saturated carbocycles. The lowest BCUT2D eigenvalue weighted by Crippen LogP contribution is -2.08. The first kappa shape index (κ1) is 25.4. The summed E-state index contributed by atoms with van der Waals surface area (Å²) in [7, 11) is 0. The molecule has 3 N–H and O–H groups in total. The molecule has 1 atom stereocenters. The molecule has 0 aliphatic carbocycles. The van der Waals surface area contributed by atoms with E-state index in [1.54, 1.807) is 30.3 Å². The number of carboxylic acid groups (broad SMARTS) is 2. The zero-order valence-corrected chi connectivity index (χ0v) is 18.8. The molecule has 0 amide bonds. The van der Waals surface area contributed by atoms with Crippen LogP contribution in [0.25, 0.3) is 0 Å². The molecule has 6 nitrogen and oxygen atoms in total. The second-order valence-electron chi connectivity index (χ2n) is 8.09. The molecule has 0 heterocycles. The number of hydrogen-bond acceptors (Lipinski definition) is 4. The molecule has 0 aliphatic rings. The van der Waals surface area contributed by atoms with Crippen LogP contribution in [0.5, 0.6) is 5.75 Å². The SMILES string of the molecule is CCCCCCCCCCOc1ccc(C(O)c2cccc(C(=O)O)c2)cc1CC(=O)O. The first-order chi connectivity index (χ1) is 15.4. The number of hydrogen-bond donors (Lipinski definition) is 3. The minimum atomic E-state index is -1.07. The molecule has 2 aromatic rings. The number of aliphatic carboxylic acids is 1. The highest BCUT2D eigenvalue weighted by Crippen LogP contribution is 2.28. The Kier molecular flexibility index (Phi) is 10.7. The van der Waals surface area contributed by atoms with Gasteiger partial charge in [-0.15, -0.1) is 0 Å². The second kappa shape index (κ2) is 13.5. The normalized spacial score (nSPS) is 11.8. The van der Waals surface area contributed by atoms with Crippen molar-refractivity contribution < 1.29 is 29.6 Å². The Morgan fingerprint density at radius 3 is 2.19 bits per heavy atom. The van der Waals surface area contributed by atoms with E-state index in [4.69, 9.17) is 9.84 Å². The van der Waals surface area contributed by atoms with Crippen molar-refractivity contribution in [1.82, 2.24) is 0 Å². The number of carboxylic acids is 2. The Hall–Kier alpha value is -2.86. The molecule has 2 rings (SSSR count). The maximum absolute atomic E-state index is 11.3. The summed E-state index contributed by atoms with van der Waals surface area (Å²) in [4.78, 5) is 22.5. The van der Waals surface area contributed by atoms with Gasteiger partial charge in [0.1, 0.15) is 11.9 Å². The number of ether oxygens (including phenoxy) is 1. The van der Waals surface area contributed by atoms with Gasteiger partial charge in [-0.3, -0.25) is 4.79 Å². The fraction of sp³-hybridized carbons (Fsp3) is 0.462. The van der Waals surface area contributed by atoms with Crippen molar-refractivity contribution in [3.8, 4) is 5.75 Å². The van der Waals surface area contributed by atoms with Crippen molar-refractivity contribution in [2.75, 3.05) is 6.61 Å². The van der Waals surface area contributed by atoms with Gasteiger partial charge in [0, 0.05) is 5.56 Å². The van der Waals surface area contributed by atoms with Crippen molar-refractivity contribution in [3.05, 3.63) is 64.7 Å². The Bertz CT molecular complexity index is 876. The number of aliphatic hydroxyl groups is 1. The highest BCUT2D eigenvalue weighted by molar-refractivity contribution is 5.87. The third-order valence-corrected chi connectivity index (χ3v) is 5.45. The summed E-state index contributed by atoms with van der Waals surface area (Å²) in [6.07, 6.45) is 8.23. The smallest absolute Gasteiger partial charge is 0.335 e. The molecular formula is C26H34O6. The van der Waals surface area contributed by atoms with Gasteiger partial charge < -0.3 is 20.1 Å². The molecule has 32 heavy (non-hydrogen) atoms. The minimum absolute atomic E-state index is 0.0811. The predicted octanol–water partition coefficient (Wildman–Crippen LogP) is 5.61. The fourth-order valence-electron chi connectivity index (χ4n) is 3.66. The van der Waals surface area contributed by atoms with Crippen molar-refractivity contribution >= 4 is 11.9 Å². The molecule has 0 spiro atoms. The van der Waals surface area contributed by atoms with Gasteiger partial charge in [0.15, 0.2) is 0 Å². The van der Waals surface area contributed by atoms with Crippen LogP contribution in [0.3, 0.4) is 0 Å². The summed E-state index contributed by atoms with van der Waals surface area (Å²) >= 11 is 0. The summed E-state index contributed by atoms with van der Waals surface area (Å²) < 4.78 is 5.85. The van der Waals surface area contributed by atoms with Gasteiger partial charge in [-0.1, -0.05) is 70.1 Å². The van der Waals surface area contributed by atoms with Crippen LogP contribution >= 0.6 is 0 Å². The number of benzene rings is 2. The number of unbranched alkanes of at least 4 members (excludes halogenated alkanes) is 7. The molecule has 2 aromatic carbocycles. The highest BCUT2D eigenvalue weighted by atomic mass is 16.5. The van der Waals surface area contributed by atoms with E-state index in [1.165, 1.54) is 50.7 Å². The summed E-state index contributed by atoms with van der Waals surface area (Å²) in [5.74, 6) is -1.55. The largest absolute Gasteiger partial charge is 0.493 e. The molecule has 0 aromatic heterocycles. The molecule has 0 fully saturated rings. The van der Waals surface area contributed by atoms with Crippen LogP contribution in [-0.4, -0.2) is 33.9 Å². The molecule has 0 saturated heterocycles. The number of carbonyl (C=O) groups is 2. The van der Waals surface area contributed by atoms with E-state index in [-0.39, 0.29) is 12.0 Å². The lowest BCUT2D eigenvalue weighted by atomic mass is 9.97. The summed E-state index contributed by atoms with van der Waals surface area (Å²) in [5, 5.41) is 29.2. The van der Waals surface area contributed by atoms with Gasteiger partial charge in [0.05, 0.1) is 18.6 Å². The van der Waals surface area contributed by atoms with Crippen LogP contribution in [0.1, 0.15) is 91.4 Å². The number of aromatic carboxylic acids is 1. The van der Waals surface area contributed by atoms with Crippen LogP contribution in [0.4, 0.5) is 0 Å². The topological polar surface area (TPSA) is 104 Å². The average molecular weight is 443 g/mol. The molecular weight excluding hydrogens is 408 g/mol. The predicted molar refractivity (Wildman–Crippen MR) is 123 cm³/mol. The highest BCUT2D eigenvalue weighted by Gasteiger charge is 2.16. The minimum Gasteiger partial charge on any atom is -0.493 e. The molecule has 174 valence electrons. The lowest BCUT2D eigenvalue weighted by molar-refractivity contribution is -0.136. The van der Waals surface area contributed by atoms with E-state index in [1.807, 2.05) is 0 Å². The van der Waals surface area contributed by atoms with Crippen molar-refractivity contribution in [2.24, 2.45) is 0 Å². The third kappa shape index (κ3) is 8.35. The zero-order valence-electron chi connectivity index (χ0n) is 18.8. The van der Waals surface area contributed by atoms with Crippen molar-refractivity contribution in [2.45, 2.75) is 70.8 Å². The number of rotatable bonds is 15. The summed E-state index contributed by atoms with van der Waals surface area (Å²) in [6.45, 7) is 2.73. The maximum Gasteiger partial charge on any atom is 0.335 e. The van der Waals surface area contributed by atoms with Crippen LogP contribution in [0.2, 0.25) is 0 Å². The molecule has 0 radical (unpaired) electrons. The Morgan fingerprint density at radius 2 is 1.53 bits per heavy atom. The zero-order chi connectivity index (χ0) is 23.3. The van der Waals surface area contributed by atoms with E-state index >= 15 is 0 Å². The Labute approximate surface area is 189 Å². The van der Waals surface area contributed by atoms with E-state index in [0.717, 1.165) is 12.8 Å². The van der Waals surface area contributed by atoms with Gasteiger partial charge in [0.2, 0.25) is 0 Å². The monoisotopic (exact) mass is 442 g/mol. The van der Waals surface area contributed by atoms with Gasteiger partial charge in [-0.05, 0) is 41.8 Å². The second-order valence-corrected chi connectivity index (χ2v) is 8.09. The summed E-state index contributed by atoms with van der Waals surface area (Å²) in [6, 6.07) is 11.1. The van der Waals surface area contributed by atoms with Gasteiger partial charge >= 0.3 is 11.9 Å². The fourth-order valence-corrected chi connectivity index (χ4v) is 3.66. The van der Waals surface area contributed by atoms with Crippen LogP contribution in [-0.2, 0) is 11.2 Å². The van der Waals surface area contributed by atoms with Gasteiger partial charge in [-0.2, -0.15) is 0 Å². The van der Waals surface area contributed by atoms with Crippen LogP contribution in [0, 0.1) is 0 Å². The maximum atomic E-state index is 11.3. The van der Waals surface area contributed by atoms with Crippen molar-refractivity contribution in [3.63, 3.8) is 0 Å². The molecule has 0 aliphatic heterocycles. The molecule has 0 bridgehead atoms.